The molecule has 0 aromatic heterocycles. The van der Waals surface area contributed by atoms with E-state index in [2.05, 4.69) is 86.8 Å². The maximum absolute atomic E-state index is 13.0. The van der Waals surface area contributed by atoms with Crippen molar-refractivity contribution in [1.29, 1.82) is 0 Å². The maximum atomic E-state index is 13.0. The van der Waals surface area contributed by atoms with Crippen LogP contribution in [0, 0.1) is 0 Å². The largest absolute Gasteiger partial charge is 0.477 e. The second-order valence-electron chi connectivity index (χ2n) is 26.9. The Labute approximate surface area is 551 Å². The number of carboxylic acids is 1. The third-order valence-corrected chi connectivity index (χ3v) is 16.9. The molecule has 0 fully saturated rings. The summed E-state index contributed by atoms with van der Waals surface area (Å²) < 4.78 is 23.0. The van der Waals surface area contributed by atoms with E-state index < -0.39 is 24.3 Å². The van der Waals surface area contributed by atoms with Crippen LogP contribution < -0.4 is 0 Å². The van der Waals surface area contributed by atoms with Crippen molar-refractivity contribution in [2.45, 2.75) is 373 Å². The van der Waals surface area contributed by atoms with E-state index in [1.807, 2.05) is 21.1 Å². The fourth-order valence-electron chi connectivity index (χ4n) is 11.2. The molecule has 0 amide bonds. The summed E-state index contributed by atoms with van der Waals surface area (Å²) in [6, 6.07) is 0. The van der Waals surface area contributed by atoms with Gasteiger partial charge in [-0.05, 0) is 83.5 Å². The first kappa shape index (κ1) is 85.7. The van der Waals surface area contributed by atoms with Crippen LogP contribution in [0.1, 0.15) is 361 Å². The van der Waals surface area contributed by atoms with Gasteiger partial charge >= 0.3 is 17.9 Å². The van der Waals surface area contributed by atoms with Gasteiger partial charge in [0.25, 0.3) is 6.29 Å². The average molecular weight is 1250 g/mol. The van der Waals surface area contributed by atoms with Crippen LogP contribution in [0.15, 0.2) is 72.9 Å². The highest BCUT2D eigenvalue weighted by Crippen LogP contribution is 2.19. The molecule has 0 aliphatic carbocycles. The standard InChI is InChI=1S/C80H145NO8/c1-6-8-10-12-14-16-18-20-22-24-26-28-30-32-34-36-37-38-39-40-41-43-44-46-48-50-52-54-56-58-60-62-64-66-68-70-77(82)87-74-76(75-88-80(79(84)85)86-73-72-81(3,4)5)89-78(83)71-69-67-65-63-61-59-57-55-53-51-49-47-45-42-35-33-31-29-27-25-23-21-19-17-15-13-11-9-7-2/h9,11,15,17,21,23-24,26-27,29,33,35,76,80H,6-8,10,12-14,16,18-20,22,25,28,30-32,34,36-75H2,1-5H3/p+1/b11-9-,17-15-,23-21-,26-24-,29-27-,35-33-. The Bertz CT molecular complexity index is 1690. The highest BCUT2D eigenvalue weighted by molar-refractivity contribution is 5.71. The van der Waals surface area contributed by atoms with Gasteiger partial charge in [-0.2, -0.15) is 0 Å². The molecule has 0 heterocycles. The molecular weight excluding hydrogens is 1100 g/mol. The molecule has 0 spiro atoms. The number of ether oxygens (including phenoxy) is 4. The third kappa shape index (κ3) is 72.0. The van der Waals surface area contributed by atoms with Crippen LogP contribution in [0.25, 0.3) is 0 Å². The Morgan fingerprint density at radius 3 is 0.966 bits per heavy atom. The van der Waals surface area contributed by atoms with Crippen LogP contribution in [0.2, 0.25) is 0 Å². The van der Waals surface area contributed by atoms with Crippen molar-refractivity contribution < 1.29 is 42.9 Å². The molecule has 0 bridgehead atoms. The Morgan fingerprint density at radius 1 is 0.348 bits per heavy atom. The number of esters is 2. The van der Waals surface area contributed by atoms with E-state index in [0.29, 0.717) is 17.4 Å². The second kappa shape index (κ2) is 70.6. The van der Waals surface area contributed by atoms with Crippen LogP contribution >= 0.6 is 0 Å². The molecular formula is C80H146NO8+. The number of allylic oxidation sites excluding steroid dienone is 12. The number of nitrogens with zero attached hydrogens (tertiary/aromatic N) is 1. The lowest BCUT2D eigenvalue weighted by Crippen LogP contribution is -2.40. The van der Waals surface area contributed by atoms with Crippen molar-refractivity contribution >= 4 is 17.9 Å². The molecule has 0 aromatic rings. The summed E-state index contributed by atoms with van der Waals surface area (Å²) in [5.74, 6) is -1.99. The fourth-order valence-corrected chi connectivity index (χ4v) is 11.2. The van der Waals surface area contributed by atoms with Gasteiger partial charge in [-0.15, -0.1) is 0 Å². The average Bonchev–Trinajstić information content (AvgIpc) is 3.71. The molecule has 0 radical (unpaired) electrons. The van der Waals surface area contributed by atoms with Gasteiger partial charge in [0.05, 0.1) is 34.4 Å². The number of carbonyl (C=O) groups excluding carboxylic acids is 2. The molecule has 9 nitrogen and oxygen atoms in total. The monoisotopic (exact) mass is 1250 g/mol. The highest BCUT2D eigenvalue weighted by Gasteiger charge is 2.25. The van der Waals surface area contributed by atoms with Crippen molar-refractivity contribution in [2.24, 2.45) is 0 Å². The summed E-state index contributed by atoms with van der Waals surface area (Å²) in [7, 11) is 5.99. The number of aliphatic carboxylic acids is 1. The second-order valence-corrected chi connectivity index (χ2v) is 26.9. The predicted octanol–water partition coefficient (Wildman–Crippen LogP) is 24.0. The molecule has 2 atom stereocenters. The van der Waals surface area contributed by atoms with E-state index in [1.54, 1.807) is 0 Å². The van der Waals surface area contributed by atoms with Crippen molar-refractivity contribution in [3.05, 3.63) is 72.9 Å². The Kier molecular flexibility index (Phi) is 68.0. The summed E-state index contributed by atoms with van der Waals surface area (Å²) >= 11 is 0. The summed E-state index contributed by atoms with van der Waals surface area (Å²) in [4.78, 5) is 37.7. The summed E-state index contributed by atoms with van der Waals surface area (Å²) in [5.41, 5.74) is 0. The quantitative estimate of drug-likeness (QED) is 0.0211. The van der Waals surface area contributed by atoms with E-state index in [1.165, 1.54) is 263 Å². The molecule has 0 rings (SSSR count). The van der Waals surface area contributed by atoms with Crippen molar-refractivity contribution in [1.82, 2.24) is 0 Å². The number of carbonyl (C=O) groups is 3. The predicted molar refractivity (Wildman–Crippen MR) is 383 cm³/mol. The number of carboxylic acid groups (broad SMARTS) is 1. The lowest BCUT2D eigenvalue weighted by atomic mass is 10.0. The molecule has 518 valence electrons. The molecule has 9 heteroatoms. The molecule has 0 aromatic carbocycles. The number of quaternary nitrogens is 1. The normalized spacial score (nSPS) is 13.0. The number of hydrogen-bond acceptors (Lipinski definition) is 7. The molecule has 2 unspecified atom stereocenters. The zero-order valence-corrected chi connectivity index (χ0v) is 59.3. The van der Waals surface area contributed by atoms with Crippen molar-refractivity contribution in [3.63, 3.8) is 0 Å². The number of likely N-dealkylation sites (N-methyl/N-ethyl adjacent to an activating group) is 1. The molecule has 89 heavy (non-hydrogen) atoms. The Balaban J connectivity index is 4.02. The minimum Gasteiger partial charge on any atom is -0.477 e. The first-order valence-electron chi connectivity index (χ1n) is 38.1. The topological polar surface area (TPSA) is 108 Å². The molecule has 0 aliphatic rings. The van der Waals surface area contributed by atoms with Crippen LogP contribution in [-0.4, -0.2) is 87.4 Å². The molecule has 1 N–H and O–H groups in total. The minimum atomic E-state index is -1.51. The first-order chi connectivity index (χ1) is 43.6. The number of unbranched alkanes of at least 4 members (excludes halogenated alkanes) is 44. The van der Waals surface area contributed by atoms with Gasteiger partial charge in [0.1, 0.15) is 13.2 Å². The van der Waals surface area contributed by atoms with Crippen LogP contribution in [0.5, 0.6) is 0 Å². The van der Waals surface area contributed by atoms with E-state index in [-0.39, 0.29) is 32.2 Å². The molecule has 0 saturated carbocycles. The lowest BCUT2D eigenvalue weighted by molar-refractivity contribution is -0.870. The van der Waals surface area contributed by atoms with Gasteiger partial charge in [0.15, 0.2) is 6.10 Å². The number of hydrogen-bond donors (Lipinski definition) is 1. The summed E-state index contributed by atoms with van der Waals surface area (Å²) in [6.07, 6.45) is 91.9. The Hall–Kier alpha value is -3.27. The van der Waals surface area contributed by atoms with E-state index in [9.17, 15) is 19.5 Å². The molecule has 0 saturated heterocycles. The van der Waals surface area contributed by atoms with Gasteiger partial charge in [0, 0.05) is 12.8 Å². The minimum absolute atomic E-state index is 0.180. The first-order valence-corrected chi connectivity index (χ1v) is 38.1. The zero-order chi connectivity index (χ0) is 64.7. The van der Waals surface area contributed by atoms with Crippen molar-refractivity contribution in [3.8, 4) is 0 Å². The SMILES string of the molecule is CC/C=C\C/C=C\C/C=C\C/C=C\C/C=C\CCCCCCCCCCCCCCCC(=O)OC(COC(=O)CCCCCCCCCCCCCCCCCCCCCCCCC/C=C\CCCCCCCCCC)COC(OCC[N+](C)(C)C)C(=O)O. The van der Waals surface area contributed by atoms with Gasteiger partial charge in [-0.3, -0.25) is 9.59 Å². The fraction of sp³-hybridized carbons (Fsp3) is 0.812. The highest BCUT2D eigenvalue weighted by atomic mass is 16.7. The summed E-state index contributed by atoms with van der Waals surface area (Å²) in [5, 5.41) is 9.76. The van der Waals surface area contributed by atoms with Gasteiger partial charge < -0.3 is 28.5 Å². The van der Waals surface area contributed by atoms with Gasteiger partial charge in [0.2, 0.25) is 0 Å². The van der Waals surface area contributed by atoms with E-state index >= 15 is 0 Å². The third-order valence-electron chi connectivity index (χ3n) is 16.9. The van der Waals surface area contributed by atoms with E-state index in [4.69, 9.17) is 18.9 Å². The number of rotatable bonds is 71. The lowest BCUT2D eigenvalue weighted by Gasteiger charge is -2.25. The summed E-state index contributed by atoms with van der Waals surface area (Å²) in [6.45, 7) is 4.81. The smallest absolute Gasteiger partial charge is 0.361 e. The zero-order valence-electron chi connectivity index (χ0n) is 59.3. The van der Waals surface area contributed by atoms with Crippen LogP contribution in [0.3, 0.4) is 0 Å². The van der Waals surface area contributed by atoms with Crippen LogP contribution in [0.4, 0.5) is 0 Å². The van der Waals surface area contributed by atoms with Crippen LogP contribution in [-0.2, 0) is 33.3 Å². The Morgan fingerprint density at radius 2 is 0.640 bits per heavy atom. The maximum Gasteiger partial charge on any atom is 0.361 e. The molecule has 0 aliphatic heterocycles. The van der Waals surface area contributed by atoms with Gasteiger partial charge in [-0.1, -0.05) is 337 Å². The van der Waals surface area contributed by atoms with Gasteiger partial charge in [-0.25, -0.2) is 4.79 Å². The van der Waals surface area contributed by atoms with Crippen molar-refractivity contribution in [2.75, 3.05) is 47.5 Å². The van der Waals surface area contributed by atoms with E-state index in [0.717, 1.165) is 70.6 Å².